The van der Waals surface area contributed by atoms with E-state index < -0.39 is 98.6 Å². The lowest BCUT2D eigenvalue weighted by molar-refractivity contribution is -0.385. The van der Waals surface area contributed by atoms with Gasteiger partial charge in [-0.15, -0.1) is 6.58 Å². The molecule has 3 heterocycles. The van der Waals surface area contributed by atoms with Gasteiger partial charge in [0, 0.05) is 12.5 Å². The van der Waals surface area contributed by atoms with E-state index in [1.54, 1.807) is 6.08 Å². The van der Waals surface area contributed by atoms with Gasteiger partial charge in [0.05, 0.1) is 26.4 Å². The number of rotatable bonds is 17. The average Bonchev–Trinajstić information content (AvgIpc) is 3.20. The molecular weight excluding hydrogens is 865 g/mol. The second-order valence-corrected chi connectivity index (χ2v) is 36.4. The lowest BCUT2D eigenvalue weighted by Gasteiger charge is -2.54. The van der Waals surface area contributed by atoms with Crippen molar-refractivity contribution in [2.24, 2.45) is 0 Å². The molecule has 12 nitrogen and oxygen atoms in total. The molecule has 1 unspecified atom stereocenters. The summed E-state index contributed by atoms with van der Waals surface area (Å²) in [6, 6.07) is 19.7. The van der Waals surface area contributed by atoms with Crippen LogP contribution in [0.2, 0.25) is 54.4 Å². The summed E-state index contributed by atoms with van der Waals surface area (Å²) in [6.45, 7) is 39.1. The third-order valence-corrected chi connectivity index (χ3v) is 27.5. The van der Waals surface area contributed by atoms with E-state index in [-0.39, 0.29) is 41.5 Å². The van der Waals surface area contributed by atoms with Crippen molar-refractivity contribution < 1.29 is 56.0 Å². The highest BCUT2D eigenvalue weighted by Crippen LogP contribution is 2.46. The monoisotopic (exact) mass is 944 g/mol. The molecule has 0 aromatic heterocycles. The zero-order chi connectivity index (χ0) is 47.5. The fraction of sp³-hybridized carbons (Fsp3) is 0.694. The van der Waals surface area contributed by atoms with E-state index in [0.29, 0.717) is 0 Å². The number of benzene rings is 2. The van der Waals surface area contributed by atoms with Gasteiger partial charge in [-0.25, -0.2) is 0 Å². The third kappa shape index (κ3) is 12.9. The summed E-state index contributed by atoms with van der Waals surface area (Å²) in [5, 5.41) is -0.523. The Morgan fingerprint density at radius 3 is 1.80 bits per heavy atom. The van der Waals surface area contributed by atoms with Crippen molar-refractivity contribution in [2.45, 2.75) is 198 Å². The van der Waals surface area contributed by atoms with Gasteiger partial charge in [0.1, 0.15) is 42.7 Å². The molecule has 3 aliphatic rings. The molecule has 0 bridgehead atoms. The van der Waals surface area contributed by atoms with Gasteiger partial charge in [0.15, 0.2) is 49.9 Å². The molecule has 0 radical (unpaired) electrons. The zero-order valence-electron chi connectivity index (χ0n) is 41.6. The van der Waals surface area contributed by atoms with Crippen molar-refractivity contribution >= 4 is 30.9 Å². The molecule has 3 fully saturated rings. The smallest absolute Gasteiger partial charge is 0.303 e. The second kappa shape index (κ2) is 21.0. The first kappa shape index (κ1) is 52.9. The van der Waals surface area contributed by atoms with Gasteiger partial charge >= 0.3 is 5.97 Å². The van der Waals surface area contributed by atoms with Crippen molar-refractivity contribution in [3.63, 3.8) is 0 Å². The molecule has 3 aliphatic heterocycles. The van der Waals surface area contributed by atoms with E-state index in [1.807, 2.05) is 60.7 Å². The Kier molecular flexibility index (Phi) is 17.4. The van der Waals surface area contributed by atoms with Gasteiger partial charge in [0.2, 0.25) is 0 Å². The number of carbonyl (C=O) groups excluding carboxylic acids is 1. The van der Waals surface area contributed by atoms with Crippen LogP contribution in [-0.2, 0) is 62.6 Å². The Balaban J connectivity index is 1.65. The van der Waals surface area contributed by atoms with Crippen molar-refractivity contribution in [3.8, 4) is 0 Å². The molecule has 0 saturated carbocycles. The largest absolute Gasteiger partial charge is 0.454 e. The first-order valence-corrected chi connectivity index (χ1v) is 31.7. The van der Waals surface area contributed by atoms with Gasteiger partial charge in [-0.1, -0.05) is 129 Å². The molecule has 0 N–H and O–H groups in total. The summed E-state index contributed by atoms with van der Waals surface area (Å²) in [4.78, 5) is 13.2. The van der Waals surface area contributed by atoms with Crippen LogP contribution in [0.25, 0.3) is 0 Å². The van der Waals surface area contributed by atoms with Crippen LogP contribution in [0.15, 0.2) is 73.3 Å². The summed E-state index contributed by atoms with van der Waals surface area (Å²) < 4.78 is 76.0. The molecule has 5 rings (SSSR count). The van der Waals surface area contributed by atoms with Gasteiger partial charge in [-0.2, -0.15) is 0 Å². The van der Waals surface area contributed by atoms with E-state index in [9.17, 15) is 4.79 Å². The van der Waals surface area contributed by atoms with Crippen molar-refractivity contribution in [3.05, 3.63) is 84.4 Å². The maximum absolute atomic E-state index is 13.2. The number of esters is 1. The molecule has 0 amide bonds. The van der Waals surface area contributed by atoms with Crippen molar-refractivity contribution in [2.75, 3.05) is 19.8 Å². The number of hydrogen-bond donors (Lipinski definition) is 0. The predicted molar refractivity (Wildman–Crippen MR) is 256 cm³/mol. The van der Waals surface area contributed by atoms with Crippen LogP contribution in [0.1, 0.15) is 86.7 Å². The van der Waals surface area contributed by atoms with E-state index in [0.717, 1.165) is 11.1 Å². The van der Waals surface area contributed by atoms with Crippen LogP contribution in [0.3, 0.4) is 0 Å². The quantitative estimate of drug-likeness (QED) is 0.0853. The van der Waals surface area contributed by atoms with E-state index in [4.69, 9.17) is 51.2 Å². The minimum Gasteiger partial charge on any atom is -0.454 e. The molecule has 64 heavy (non-hydrogen) atoms. The fourth-order valence-electron chi connectivity index (χ4n) is 7.14. The first-order valence-electron chi connectivity index (χ1n) is 23.0. The van der Waals surface area contributed by atoms with E-state index in [2.05, 4.69) is 108 Å². The molecule has 2 aromatic carbocycles. The second-order valence-electron chi connectivity index (χ2n) is 22.1. The third-order valence-electron chi connectivity index (χ3n) is 14.1. The fourth-order valence-corrected chi connectivity index (χ4v) is 10.7. The van der Waals surface area contributed by atoms with Gasteiger partial charge in [0.25, 0.3) is 0 Å². The van der Waals surface area contributed by atoms with E-state index >= 15 is 0 Å². The normalized spacial score (nSPS) is 29.8. The Bertz CT molecular complexity index is 1790. The van der Waals surface area contributed by atoms with Gasteiger partial charge in [-0.3, -0.25) is 4.79 Å². The van der Waals surface area contributed by atoms with Crippen LogP contribution in [0.4, 0.5) is 0 Å². The highest BCUT2D eigenvalue weighted by atomic mass is 28.4. The Labute approximate surface area is 387 Å². The summed E-state index contributed by atoms with van der Waals surface area (Å²) in [6.07, 6.45) is -7.20. The topological polar surface area (TPSA) is 119 Å². The molecule has 0 aliphatic carbocycles. The molecular formula is C49H80O12Si3. The summed E-state index contributed by atoms with van der Waals surface area (Å²) in [5.41, 5.74) is 1.83. The zero-order valence-corrected chi connectivity index (χ0v) is 44.6. The molecule has 2 aromatic rings. The maximum Gasteiger partial charge on any atom is 0.303 e. The van der Waals surface area contributed by atoms with Gasteiger partial charge < -0.3 is 51.2 Å². The van der Waals surface area contributed by atoms with Crippen LogP contribution in [-0.4, -0.2) is 112 Å². The van der Waals surface area contributed by atoms with Crippen LogP contribution >= 0.6 is 0 Å². The highest BCUT2D eigenvalue weighted by molar-refractivity contribution is 6.75. The van der Waals surface area contributed by atoms with Gasteiger partial charge in [-0.05, 0) is 60.0 Å². The minimum absolute atomic E-state index is 0.101. The minimum atomic E-state index is -2.66. The Morgan fingerprint density at radius 2 is 1.25 bits per heavy atom. The SMILES string of the molecule is C=CCO[C@H]1[C@H]2OC(c3ccccc3)OC[C@H]2O[C@@H](O[C@H]2[C@H](O[Si](C)(C)C(C)(C)C)[C@@H](OC(C)=O)[C@H](OCc3ccccc3)O[C@@H]2CO[Si](C)(C)C(C)(C)C)[C@@H]1O[Si](C)(C)C(C)(C)C. The number of carbonyl (C=O) groups is 1. The molecule has 3 saturated heterocycles. The predicted octanol–water partition coefficient (Wildman–Crippen LogP) is 10.5. The van der Waals surface area contributed by atoms with Crippen LogP contribution in [0, 0.1) is 0 Å². The lowest BCUT2D eigenvalue weighted by Crippen LogP contribution is -2.69. The van der Waals surface area contributed by atoms with E-state index in [1.165, 1.54) is 6.92 Å². The highest BCUT2D eigenvalue weighted by Gasteiger charge is 2.59. The number of hydrogen-bond acceptors (Lipinski definition) is 12. The van der Waals surface area contributed by atoms with Crippen LogP contribution in [0.5, 0.6) is 0 Å². The summed E-state index contributed by atoms with van der Waals surface area (Å²) in [7, 11) is -7.61. The summed E-state index contributed by atoms with van der Waals surface area (Å²) in [5.74, 6) is -0.501. The van der Waals surface area contributed by atoms with Crippen molar-refractivity contribution in [1.82, 2.24) is 0 Å². The molecule has 15 heteroatoms. The molecule has 0 spiro atoms. The average molecular weight is 945 g/mol. The number of ether oxygens (including phenoxy) is 8. The Hall–Kier alpha value is -2.10. The number of fused-ring (bicyclic) bond motifs is 1. The Morgan fingerprint density at radius 1 is 0.688 bits per heavy atom. The summed E-state index contributed by atoms with van der Waals surface area (Å²) >= 11 is 0. The molecule has 11 atom stereocenters. The van der Waals surface area contributed by atoms with Crippen molar-refractivity contribution in [1.29, 1.82) is 0 Å². The maximum atomic E-state index is 13.2. The standard InChI is InChI=1S/C49H80O12Si3/c1-18-29-51-40-38-36(31-53-44(58-38)35-27-23-20-24-28-35)57-46(43(40)61-64(16,17)49(9,10)11)59-39-37(32-54-62(12,13)47(3,4)5)56-45(52-30-34-25-21-19-22-26-34)42(55-33(2)50)41(39)60-63(14,15)48(6,7)8/h18-28,36-46H,1,29-32H2,2-17H3/t36-,37-,38+,39-,40+,41+,42-,43-,44?,45-,46+/m1/s1. The molecule has 360 valence electrons. The lowest BCUT2D eigenvalue weighted by atomic mass is 9.96. The van der Waals surface area contributed by atoms with Crippen LogP contribution < -0.4 is 0 Å². The first-order chi connectivity index (χ1) is 29.7.